The third-order valence-electron chi connectivity index (χ3n) is 1.69. The first-order chi connectivity index (χ1) is 5.71. The number of thiophene rings is 1. The van der Waals surface area contributed by atoms with Gasteiger partial charge in [-0.05, 0) is 5.41 Å². The van der Waals surface area contributed by atoms with Gasteiger partial charge in [-0.2, -0.15) is 11.3 Å². The predicted molar refractivity (Wildman–Crippen MR) is 51.7 cm³/mol. The molecule has 0 radical (unpaired) electrons. The molecule has 0 aliphatic rings. The zero-order valence-corrected chi connectivity index (χ0v) is 12.7. The topological polar surface area (TPSA) is 0 Å². The molecule has 0 aliphatic heterocycles. The van der Waals surface area contributed by atoms with Crippen LogP contribution in [0, 0.1) is 0 Å². The van der Waals surface area contributed by atoms with Gasteiger partial charge in [0.1, 0.15) is 0 Å². The van der Waals surface area contributed by atoms with Crippen molar-refractivity contribution in [3.05, 3.63) is 17.0 Å². The van der Waals surface area contributed by atoms with Crippen molar-refractivity contribution in [3.63, 3.8) is 0 Å². The summed E-state index contributed by atoms with van der Waals surface area (Å²) >= 11 is 0.850. The molecule has 1 aromatic rings. The molecule has 0 saturated heterocycles. The van der Waals surface area contributed by atoms with E-state index in [0.717, 1.165) is 16.2 Å². The van der Waals surface area contributed by atoms with E-state index in [0.29, 0.717) is 0 Å². The molecular weight excluding hydrogens is 235 g/mol. The van der Waals surface area contributed by atoms with Crippen molar-refractivity contribution < 1.29 is 64.3 Å². The van der Waals surface area contributed by atoms with E-state index in [-0.39, 0.29) is 56.8 Å². The number of halogens is 3. The molecule has 6 heteroatoms. The maximum absolute atomic E-state index is 12.3. The molecule has 74 valence electrons. The number of hydrogen-bond donors (Lipinski definition) is 0. The van der Waals surface area contributed by atoms with Gasteiger partial charge in [0.05, 0.1) is 0 Å². The molecule has 0 N–H and O–H groups in total. The average Bonchev–Trinajstić information content (AvgIpc) is 2.28. The maximum Gasteiger partial charge on any atom is 1.00 e. The Labute approximate surface area is 129 Å². The second-order valence-electron chi connectivity index (χ2n) is 4.03. The average molecular weight is 246 g/mol. The van der Waals surface area contributed by atoms with E-state index in [1.165, 1.54) is 6.07 Å². The number of hydrogen-bond acceptors (Lipinski definition) is 1. The third-order valence-corrected chi connectivity index (χ3v) is 3.30. The molecule has 0 amide bonds. The second kappa shape index (κ2) is 5.01. The van der Waals surface area contributed by atoms with Crippen LogP contribution in [0.25, 0.3) is 0 Å². The van der Waals surface area contributed by atoms with E-state index in [4.69, 9.17) is 0 Å². The van der Waals surface area contributed by atoms with Crippen LogP contribution in [0.15, 0.2) is 12.1 Å². The first kappa shape index (κ1) is 15.2. The molecule has 0 unspecified atom stereocenters. The molecule has 0 bridgehead atoms. The van der Waals surface area contributed by atoms with Crippen molar-refractivity contribution in [2.24, 2.45) is 0 Å². The van der Waals surface area contributed by atoms with E-state index in [1.54, 1.807) is 6.07 Å². The summed E-state index contributed by atoms with van der Waals surface area (Å²) in [4.78, 5) is 0.779. The van der Waals surface area contributed by atoms with Crippen LogP contribution in [0.4, 0.5) is 12.9 Å². The summed E-state index contributed by atoms with van der Waals surface area (Å²) < 4.78 is 36.3. The molecule has 14 heavy (non-hydrogen) atoms. The molecule has 1 aromatic heterocycles. The molecule has 1 rings (SSSR count). The standard InChI is InChI=1S/C8H11BF3S.K/c1-8(2,3)6-4-5-7(13-6)9(10,11)12;/h4-5H,1-3H3;/q-1;+1. The molecule has 0 spiro atoms. The summed E-state index contributed by atoms with van der Waals surface area (Å²) in [6.07, 6.45) is 0. The van der Waals surface area contributed by atoms with Crippen molar-refractivity contribution in [2.45, 2.75) is 26.2 Å². The van der Waals surface area contributed by atoms with Crippen LogP contribution < -0.4 is 56.2 Å². The Bertz CT molecular complexity index is 272. The first-order valence-corrected chi connectivity index (χ1v) is 4.83. The Morgan fingerprint density at radius 1 is 1.14 bits per heavy atom. The quantitative estimate of drug-likeness (QED) is 0.617. The monoisotopic (exact) mass is 246 g/mol. The molecule has 0 saturated carbocycles. The molecular formula is C8H11BF3KS. The number of rotatable bonds is 1. The van der Waals surface area contributed by atoms with Crippen LogP contribution in [-0.4, -0.2) is 6.98 Å². The van der Waals surface area contributed by atoms with Crippen LogP contribution in [0.2, 0.25) is 0 Å². The predicted octanol–water partition coefficient (Wildman–Crippen LogP) is 0.104. The summed E-state index contributed by atoms with van der Waals surface area (Å²) in [6.45, 7) is 0.908. The van der Waals surface area contributed by atoms with Crippen molar-refractivity contribution in [1.82, 2.24) is 0 Å². The van der Waals surface area contributed by atoms with Crippen LogP contribution >= 0.6 is 11.3 Å². The fourth-order valence-corrected chi connectivity index (χ4v) is 1.90. The fourth-order valence-electron chi connectivity index (χ4n) is 0.932. The molecule has 0 aromatic carbocycles. The maximum atomic E-state index is 12.3. The summed E-state index contributed by atoms with van der Waals surface area (Å²) in [5, 5.41) is 0. The van der Waals surface area contributed by atoms with Crippen molar-refractivity contribution in [1.29, 1.82) is 0 Å². The Morgan fingerprint density at radius 3 is 1.86 bits per heavy atom. The molecule has 1 heterocycles. The van der Waals surface area contributed by atoms with E-state index >= 15 is 0 Å². The fraction of sp³-hybridized carbons (Fsp3) is 0.500. The van der Waals surface area contributed by atoms with Gasteiger partial charge in [-0.15, -0.1) is 0 Å². The van der Waals surface area contributed by atoms with Gasteiger partial charge in [0.15, 0.2) is 0 Å². The smallest absolute Gasteiger partial charge is 0.444 e. The van der Waals surface area contributed by atoms with E-state index < -0.39 is 11.8 Å². The second-order valence-corrected chi connectivity index (χ2v) is 5.14. The third kappa shape index (κ3) is 3.98. The van der Waals surface area contributed by atoms with Gasteiger partial charge in [0.2, 0.25) is 0 Å². The van der Waals surface area contributed by atoms with Crippen molar-refractivity contribution in [2.75, 3.05) is 0 Å². The normalized spacial score (nSPS) is 12.4. The Balaban J connectivity index is 0.00000169. The minimum atomic E-state index is -4.82. The molecule has 0 aliphatic carbocycles. The Kier molecular flexibility index (Phi) is 5.44. The van der Waals surface area contributed by atoms with Crippen molar-refractivity contribution in [3.8, 4) is 0 Å². The van der Waals surface area contributed by atoms with Gasteiger partial charge < -0.3 is 12.9 Å². The largest absolute Gasteiger partial charge is 1.00 e. The van der Waals surface area contributed by atoms with Gasteiger partial charge in [0.25, 0.3) is 0 Å². The SMILES string of the molecule is CC(C)(C)c1ccc([B-](F)(F)F)s1.[K+]. The Hall–Kier alpha value is 1.19. The summed E-state index contributed by atoms with van der Waals surface area (Å²) in [7, 11) is 0. The molecule has 0 atom stereocenters. The minimum Gasteiger partial charge on any atom is -0.444 e. The van der Waals surface area contributed by atoms with Crippen molar-refractivity contribution >= 4 is 23.1 Å². The van der Waals surface area contributed by atoms with Gasteiger partial charge in [-0.25, -0.2) is 0 Å². The zero-order valence-electron chi connectivity index (χ0n) is 8.77. The summed E-state index contributed by atoms with van der Waals surface area (Å²) in [5.74, 6) is 0. The van der Waals surface area contributed by atoms with Gasteiger partial charge >= 0.3 is 58.4 Å². The molecule has 0 fully saturated rings. The van der Waals surface area contributed by atoms with Crippen LogP contribution in [0.3, 0.4) is 0 Å². The van der Waals surface area contributed by atoms with E-state index in [9.17, 15) is 12.9 Å². The first-order valence-electron chi connectivity index (χ1n) is 4.01. The Morgan fingerprint density at radius 2 is 1.64 bits per heavy atom. The van der Waals surface area contributed by atoms with Gasteiger partial charge in [0, 0.05) is 4.88 Å². The van der Waals surface area contributed by atoms with Crippen LogP contribution in [-0.2, 0) is 5.41 Å². The van der Waals surface area contributed by atoms with Crippen LogP contribution in [0.1, 0.15) is 25.6 Å². The van der Waals surface area contributed by atoms with E-state index in [1.807, 2.05) is 20.8 Å². The van der Waals surface area contributed by atoms with Gasteiger partial charge in [-0.1, -0.05) is 37.7 Å². The zero-order chi connectivity index (χ0) is 10.3. The van der Waals surface area contributed by atoms with E-state index in [2.05, 4.69) is 0 Å². The molecule has 0 nitrogen and oxygen atoms in total. The summed E-state index contributed by atoms with van der Waals surface area (Å²) in [5.41, 5.74) is -0.190. The van der Waals surface area contributed by atoms with Gasteiger partial charge in [-0.3, -0.25) is 0 Å². The van der Waals surface area contributed by atoms with Crippen LogP contribution in [0.5, 0.6) is 0 Å². The summed E-state index contributed by atoms with van der Waals surface area (Å²) in [6, 6.07) is 2.74. The minimum absolute atomic E-state index is 0.